The number of benzene rings is 4. The van der Waals surface area contributed by atoms with Crippen molar-refractivity contribution < 1.29 is 33.0 Å². The van der Waals surface area contributed by atoms with Crippen molar-refractivity contribution in [3.63, 3.8) is 0 Å². The van der Waals surface area contributed by atoms with Crippen molar-refractivity contribution in [2.24, 2.45) is 11.8 Å². The van der Waals surface area contributed by atoms with Gasteiger partial charge in [-0.05, 0) is 53.5 Å². The second-order valence-electron chi connectivity index (χ2n) is 15.4. The number of amides is 4. The summed E-state index contributed by atoms with van der Waals surface area (Å²) in [6.07, 6.45) is 5.19. The molecule has 0 aliphatic carbocycles. The lowest BCUT2D eigenvalue weighted by molar-refractivity contribution is -0.135. The Morgan fingerprint density at radius 2 is 1.27 bits per heavy atom. The molecule has 0 saturated heterocycles. The SMILES string of the molecule is C#CCCN(Cc1nc2ccc3cc(-c4ccc5c(ccc6nc(CN(CCC)C(=O)[C@@H](NC(=O)OC)C(C)C)[nH]c65)c4F)ccc3c2[nH]1)C(=O)[C@@H](NC(=O)OC)C(C)C. The first kappa shape index (κ1) is 42.9. The van der Waals surface area contributed by atoms with Crippen molar-refractivity contribution >= 4 is 67.6 Å². The average molecular weight is 819 g/mol. The molecule has 6 aromatic rings. The Balaban J connectivity index is 1.27. The van der Waals surface area contributed by atoms with Gasteiger partial charge in [-0.25, -0.2) is 23.9 Å². The average Bonchev–Trinajstić information content (AvgIpc) is 3.86. The summed E-state index contributed by atoms with van der Waals surface area (Å²) < 4.78 is 26.0. The highest BCUT2D eigenvalue weighted by Gasteiger charge is 2.31. The number of rotatable bonds is 15. The first-order valence-electron chi connectivity index (χ1n) is 20.0. The molecule has 2 aromatic heterocycles. The Morgan fingerprint density at radius 1 is 0.750 bits per heavy atom. The number of alkyl carbamates (subject to hydrolysis) is 2. The van der Waals surface area contributed by atoms with Gasteiger partial charge < -0.3 is 39.9 Å². The van der Waals surface area contributed by atoms with Crippen LogP contribution in [-0.4, -0.2) is 93.1 Å². The molecule has 0 spiro atoms. The van der Waals surface area contributed by atoms with Gasteiger partial charge in [0.2, 0.25) is 11.8 Å². The molecule has 0 unspecified atom stereocenters. The molecule has 15 heteroatoms. The van der Waals surface area contributed by atoms with Crippen molar-refractivity contribution in [1.29, 1.82) is 0 Å². The van der Waals surface area contributed by atoms with E-state index in [-0.39, 0.29) is 49.1 Å². The third kappa shape index (κ3) is 8.97. The van der Waals surface area contributed by atoms with Crippen LogP contribution in [-0.2, 0) is 32.2 Å². The predicted octanol–water partition coefficient (Wildman–Crippen LogP) is 7.40. The summed E-state index contributed by atoms with van der Waals surface area (Å²) in [4.78, 5) is 70.8. The first-order chi connectivity index (χ1) is 28.8. The highest BCUT2D eigenvalue weighted by atomic mass is 19.1. The van der Waals surface area contributed by atoms with E-state index in [0.717, 1.165) is 16.3 Å². The van der Waals surface area contributed by atoms with Gasteiger partial charge >= 0.3 is 12.2 Å². The number of fused-ring (bicyclic) bond motifs is 6. The number of aromatic amines is 2. The number of carbonyl (C=O) groups is 4. The van der Waals surface area contributed by atoms with E-state index in [4.69, 9.17) is 25.9 Å². The van der Waals surface area contributed by atoms with E-state index in [9.17, 15) is 19.2 Å². The number of aromatic nitrogens is 4. The molecule has 60 heavy (non-hydrogen) atoms. The van der Waals surface area contributed by atoms with Gasteiger partial charge in [-0.3, -0.25) is 9.59 Å². The Labute approximate surface area is 347 Å². The van der Waals surface area contributed by atoms with Crippen LogP contribution < -0.4 is 10.6 Å². The summed E-state index contributed by atoms with van der Waals surface area (Å²) in [5.74, 6) is 2.34. The molecule has 4 aromatic carbocycles. The number of methoxy groups -OCH3 is 2. The summed E-state index contributed by atoms with van der Waals surface area (Å²) in [7, 11) is 2.50. The van der Waals surface area contributed by atoms with Crippen molar-refractivity contribution in [2.45, 2.75) is 72.6 Å². The number of imidazole rings is 2. The van der Waals surface area contributed by atoms with Crippen molar-refractivity contribution in [3.05, 3.63) is 72.1 Å². The Bertz CT molecular complexity index is 2610. The maximum Gasteiger partial charge on any atom is 0.407 e. The lowest BCUT2D eigenvalue weighted by Crippen LogP contribution is -2.51. The number of terminal acetylenes is 1. The number of nitrogens with one attached hydrogen (secondary N) is 4. The van der Waals surface area contributed by atoms with Gasteiger partial charge in [0.05, 0.1) is 49.4 Å². The smallest absolute Gasteiger partial charge is 0.407 e. The summed E-state index contributed by atoms with van der Waals surface area (Å²) in [6.45, 7) is 10.4. The molecule has 2 heterocycles. The van der Waals surface area contributed by atoms with E-state index in [1.165, 1.54) is 14.2 Å². The Hall–Kier alpha value is -6.69. The molecule has 4 amide bonds. The molecule has 4 N–H and O–H groups in total. The van der Waals surface area contributed by atoms with Crippen LogP contribution in [0.25, 0.3) is 54.7 Å². The number of hydrogen-bond donors (Lipinski definition) is 4. The maximum absolute atomic E-state index is 16.5. The molecule has 0 radical (unpaired) electrons. The van der Waals surface area contributed by atoms with Gasteiger partial charge in [-0.2, -0.15) is 0 Å². The first-order valence-corrected chi connectivity index (χ1v) is 20.0. The van der Waals surface area contributed by atoms with Crippen LogP contribution in [0.3, 0.4) is 0 Å². The zero-order valence-electron chi connectivity index (χ0n) is 34.9. The summed E-state index contributed by atoms with van der Waals surface area (Å²) in [5.41, 5.74) is 3.86. The van der Waals surface area contributed by atoms with Crippen molar-refractivity contribution in [3.8, 4) is 23.5 Å². The van der Waals surface area contributed by atoms with E-state index < -0.39 is 24.3 Å². The molecule has 0 aliphatic heterocycles. The largest absolute Gasteiger partial charge is 0.453 e. The predicted molar refractivity (Wildman–Crippen MR) is 229 cm³/mol. The van der Waals surface area contributed by atoms with E-state index in [2.05, 4.69) is 26.5 Å². The van der Waals surface area contributed by atoms with Crippen LogP contribution in [0.15, 0.2) is 54.6 Å². The zero-order valence-corrected chi connectivity index (χ0v) is 34.9. The Morgan fingerprint density at radius 3 is 1.80 bits per heavy atom. The molecule has 0 fully saturated rings. The fourth-order valence-electron chi connectivity index (χ4n) is 7.46. The van der Waals surface area contributed by atoms with Crippen molar-refractivity contribution in [2.75, 3.05) is 27.3 Å². The number of nitrogens with zero attached hydrogens (tertiary/aromatic N) is 4. The summed E-state index contributed by atoms with van der Waals surface area (Å²) >= 11 is 0. The minimum atomic E-state index is -0.821. The standard InChI is InChI=1S/C45H51FN8O6/c1-9-11-21-54(43(56)39(26(5)6)52-45(58)60-8)24-36-47-33-18-13-28-22-27(12-14-30(28)40(33)49-36)29-15-16-32-31(37(29)46)17-19-34-41(32)50-35(48-34)23-53(20-10-2)42(55)38(25(3)4)51-44(57)59-7/h1,12-19,22,25-26,38-39H,10-11,20-21,23-24H2,2-8H3,(H,47,49)(H,48,50)(H,51,57)(H,52,58)/t38-,39-/m0/s1. The highest BCUT2D eigenvalue weighted by Crippen LogP contribution is 2.35. The van der Waals surface area contributed by atoms with Crippen LogP contribution in [0, 0.1) is 30.0 Å². The maximum atomic E-state index is 16.5. The van der Waals surface area contributed by atoms with Gasteiger partial charge in [0.15, 0.2) is 0 Å². The minimum absolute atomic E-state index is 0.135. The highest BCUT2D eigenvalue weighted by molar-refractivity contribution is 6.08. The molecule has 2 atom stereocenters. The van der Waals surface area contributed by atoms with Gasteiger partial charge in [0.25, 0.3) is 0 Å². The fourth-order valence-corrected chi connectivity index (χ4v) is 7.46. The number of ether oxygens (including phenoxy) is 2. The van der Waals surface area contributed by atoms with Gasteiger partial charge in [0.1, 0.15) is 29.5 Å². The third-order valence-electron chi connectivity index (χ3n) is 10.6. The molecular weight excluding hydrogens is 768 g/mol. The minimum Gasteiger partial charge on any atom is -0.453 e. The van der Waals surface area contributed by atoms with Crippen LogP contribution in [0.2, 0.25) is 0 Å². The topological polar surface area (TPSA) is 175 Å². The van der Waals surface area contributed by atoms with Crippen LogP contribution in [0.4, 0.5) is 14.0 Å². The molecular formula is C45H51FN8O6. The lowest BCUT2D eigenvalue weighted by Gasteiger charge is -2.28. The quantitative estimate of drug-likeness (QED) is 0.0776. The zero-order chi connectivity index (χ0) is 43.2. The van der Waals surface area contributed by atoms with Crippen LogP contribution in [0.5, 0.6) is 0 Å². The summed E-state index contributed by atoms with van der Waals surface area (Å²) in [6, 6.07) is 15.0. The molecule has 314 valence electrons. The Kier molecular flexibility index (Phi) is 13.2. The van der Waals surface area contributed by atoms with E-state index >= 15 is 4.39 Å². The second-order valence-corrected chi connectivity index (χ2v) is 15.4. The molecule has 0 saturated carbocycles. The third-order valence-corrected chi connectivity index (χ3v) is 10.6. The van der Waals surface area contributed by atoms with Gasteiger partial charge in [-0.1, -0.05) is 65.0 Å². The van der Waals surface area contributed by atoms with Gasteiger partial charge in [-0.15, -0.1) is 12.3 Å². The monoisotopic (exact) mass is 818 g/mol. The summed E-state index contributed by atoms with van der Waals surface area (Å²) in [5, 5.41) is 8.08. The van der Waals surface area contributed by atoms with E-state index in [1.54, 1.807) is 28.0 Å². The second kappa shape index (κ2) is 18.5. The van der Waals surface area contributed by atoms with E-state index in [0.29, 0.717) is 69.5 Å². The van der Waals surface area contributed by atoms with E-state index in [1.807, 2.05) is 71.0 Å². The molecule has 14 nitrogen and oxygen atoms in total. The normalized spacial score (nSPS) is 12.5. The number of carbonyl (C=O) groups excluding carboxylic acids is 4. The van der Waals surface area contributed by atoms with Gasteiger partial charge in [0, 0.05) is 41.2 Å². The molecule has 6 rings (SSSR count). The van der Waals surface area contributed by atoms with Crippen LogP contribution in [0.1, 0.15) is 59.1 Å². The number of hydrogen-bond acceptors (Lipinski definition) is 8. The lowest BCUT2D eigenvalue weighted by atomic mass is 9.97. The van der Waals surface area contributed by atoms with Crippen LogP contribution >= 0.6 is 0 Å². The number of H-pyrrole nitrogens is 2. The number of halogens is 1. The molecule has 0 bridgehead atoms. The molecule has 0 aliphatic rings. The van der Waals surface area contributed by atoms with Crippen molar-refractivity contribution in [1.82, 2.24) is 40.4 Å². The fraction of sp³-hybridized carbons (Fsp3) is 0.378.